The van der Waals surface area contributed by atoms with Crippen molar-refractivity contribution in [2.75, 3.05) is 39.6 Å². The number of carbonyl (C=O) groups is 4. The maximum Gasteiger partial charge on any atom is 0.472 e. The molecule has 0 aliphatic carbocycles. The van der Waals surface area contributed by atoms with Crippen LogP contribution in [0.5, 0.6) is 0 Å². The van der Waals surface area contributed by atoms with E-state index in [1.165, 1.54) is 212 Å². The monoisotopic (exact) mass is 1460 g/mol. The van der Waals surface area contributed by atoms with Crippen LogP contribution in [0.4, 0.5) is 0 Å². The number of ether oxygens (including phenoxy) is 4. The van der Waals surface area contributed by atoms with Crippen molar-refractivity contribution in [3.63, 3.8) is 0 Å². The first-order valence-electron chi connectivity index (χ1n) is 41.6. The summed E-state index contributed by atoms with van der Waals surface area (Å²) in [6.45, 7) is 4.97. The van der Waals surface area contributed by atoms with Gasteiger partial charge in [-0.3, -0.25) is 37.3 Å². The van der Waals surface area contributed by atoms with Crippen LogP contribution in [0.15, 0.2) is 24.3 Å². The largest absolute Gasteiger partial charge is 0.472 e. The van der Waals surface area contributed by atoms with Crippen molar-refractivity contribution in [3.05, 3.63) is 24.3 Å². The van der Waals surface area contributed by atoms with E-state index in [0.717, 1.165) is 122 Å². The van der Waals surface area contributed by atoms with Crippen molar-refractivity contribution in [2.24, 2.45) is 0 Å². The molecular weight excluding hydrogens is 1310 g/mol. The Bertz CT molecular complexity index is 1990. The van der Waals surface area contributed by atoms with Crippen molar-refractivity contribution < 1.29 is 80.2 Å². The predicted molar refractivity (Wildman–Crippen MR) is 409 cm³/mol. The van der Waals surface area contributed by atoms with Crippen LogP contribution >= 0.6 is 15.6 Å². The third kappa shape index (κ3) is 73.8. The highest BCUT2D eigenvalue weighted by atomic mass is 31.2. The molecule has 0 saturated carbocycles. The van der Waals surface area contributed by atoms with Gasteiger partial charge in [0.2, 0.25) is 0 Å². The molecule has 0 spiro atoms. The van der Waals surface area contributed by atoms with Crippen LogP contribution in [0.1, 0.15) is 413 Å². The number of phosphoric ester groups is 2. The van der Waals surface area contributed by atoms with Gasteiger partial charge in [0, 0.05) is 25.7 Å². The number of allylic oxidation sites excluding steroid dienone is 4. The van der Waals surface area contributed by atoms with Gasteiger partial charge in [-0.1, -0.05) is 335 Å². The van der Waals surface area contributed by atoms with E-state index in [1.807, 2.05) is 0 Å². The molecule has 0 heterocycles. The molecule has 0 aromatic carbocycles. The number of unbranched alkanes of at least 4 members (excludes halogenated alkanes) is 50. The summed E-state index contributed by atoms with van der Waals surface area (Å²) in [6, 6.07) is 0. The molecule has 0 radical (unpaired) electrons. The van der Waals surface area contributed by atoms with Crippen molar-refractivity contribution in [1.29, 1.82) is 0 Å². The molecule has 0 bridgehead atoms. The maximum absolute atomic E-state index is 13.1. The van der Waals surface area contributed by atoms with E-state index in [0.29, 0.717) is 25.7 Å². The third-order valence-corrected chi connectivity index (χ3v) is 20.3. The number of carbonyl (C=O) groups excluding carboxylic acids is 4. The average molecular weight is 1460 g/mol. The Hall–Kier alpha value is -2.46. The molecule has 0 aliphatic heterocycles. The molecule has 0 amide bonds. The lowest BCUT2D eigenvalue weighted by molar-refractivity contribution is -0.161. The highest BCUT2D eigenvalue weighted by Gasteiger charge is 2.30. The molecule has 2 unspecified atom stereocenters. The predicted octanol–water partition coefficient (Wildman–Crippen LogP) is 24.1. The number of rotatable bonds is 80. The number of aliphatic hydroxyl groups is 1. The topological polar surface area (TPSA) is 237 Å². The molecule has 19 heteroatoms. The number of hydrogen-bond donors (Lipinski definition) is 3. The Labute approximate surface area is 612 Å². The van der Waals surface area contributed by atoms with E-state index in [9.17, 15) is 43.2 Å². The second kappa shape index (κ2) is 74.8. The van der Waals surface area contributed by atoms with E-state index >= 15 is 0 Å². The summed E-state index contributed by atoms with van der Waals surface area (Å²) in [4.78, 5) is 73.0. The van der Waals surface area contributed by atoms with Crippen LogP contribution in [-0.2, 0) is 65.4 Å². The van der Waals surface area contributed by atoms with Gasteiger partial charge in [0.05, 0.1) is 26.4 Å². The molecule has 0 aromatic heterocycles. The Kier molecular flexibility index (Phi) is 73.0. The lowest BCUT2D eigenvalue weighted by Crippen LogP contribution is -2.30. The molecule has 0 aromatic rings. The van der Waals surface area contributed by atoms with Gasteiger partial charge in [-0.05, 0) is 77.0 Å². The smallest absolute Gasteiger partial charge is 0.462 e. The zero-order valence-electron chi connectivity index (χ0n) is 64.7. The molecule has 590 valence electrons. The number of hydrogen-bond acceptors (Lipinski definition) is 15. The normalized spacial score (nSPS) is 13.9. The molecule has 17 nitrogen and oxygen atoms in total. The minimum atomic E-state index is -4.97. The summed E-state index contributed by atoms with van der Waals surface area (Å²) < 4.78 is 68.7. The summed E-state index contributed by atoms with van der Waals surface area (Å²) in [6.07, 6.45) is 70.0. The Morgan fingerprint density at radius 1 is 0.270 bits per heavy atom. The van der Waals surface area contributed by atoms with Gasteiger partial charge >= 0.3 is 39.5 Å². The van der Waals surface area contributed by atoms with Crippen LogP contribution in [0.3, 0.4) is 0 Å². The van der Waals surface area contributed by atoms with Crippen LogP contribution in [0.25, 0.3) is 0 Å². The lowest BCUT2D eigenvalue weighted by atomic mass is 10.0. The van der Waals surface area contributed by atoms with E-state index in [-0.39, 0.29) is 25.7 Å². The SMILES string of the molecule is CCCCCCCC/C=C\CCCCCCCC(=O)OC[C@H](COP(=O)(O)OC[C@@H](O)COP(=O)(O)OC[C@@H](COC(=O)CCCCCCCCCCCCCCC)OC(=O)CCCCCCCCCCCCCCCCCCC)OC(=O)CCCCCCC/C=C\CCCCCCCC. The Balaban J connectivity index is 5.30. The molecule has 0 aliphatic rings. The molecule has 0 saturated heterocycles. The first-order chi connectivity index (χ1) is 48.7. The summed E-state index contributed by atoms with van der Waals surface area (Å²) in [5, 5.41) is 10.6. The maximum atomic E-state index is 13.1. The lowest BCUT2D eigenvalue weighted by Gasteiger charge is -2.21. The van der Waals surface area contributed by atoms with Gasteiger partial charge in [-0.25, -0.2) is 9.13 Å². The summed E-state index contributed by atoms with van der Waals surface area (Å²) in [5.74, 6) is -2.14. The second-order valence-corrected chi connectivity index (χ2v) is 31.3. The van der Waals surface area contributed by atoms with Crippen LogP contribution in [-0.4, -0.2) is 96.7 Å². The van der Waals surface area contributed by atoms with E-state index in [2.05, 4.69) is 52.0 Å². The van der Waals surface area contributed by atoms with Gasteiger partial charge in [0.15, 0.2) is 12.2 Å². The van der Waals surface area contributed by atoms with E-state index in [4.69, 9.17) is 37.0 Å². The van der Waals surface area contributed by atoms with Crippen molar-refractivity contribution in [3.8, 4) is 0 Å². The first-order valence-corrected chi connectivity index (χ1v) is 44.6. The van der Waals surface area contributed by atoms with Crippen LogP contribution < -0.4 is 0 Å². The van der Waals surface area contributed by atoms with E-state index < -0.39 is 97.5 Å². The average Bonchev–Trinajstić information content (AvgIpc) is 1.11. The van der Waals surface area contributed by atoms with Gasteiger partial charge < -0.3 is 33.8 Å². The zero-order chi connectivity index (χ0) is 73.2. The zero-order valence-corrected chi connectivity index (χ0v) is 66.5. The van der Waals surface area contributed by atoms with Crippen LogP contribution in [0.2, 0.25) is 0 Å². The third-order valence-electron chi connectivity index (χ3n) is 18.4. The number of esters is 4. The Morgan fingerprint density at radius 2 is 0.460 bits per heavy atom. The Morgan fingerprint density at radius 3 is 0.690 bits per heavy atom. The van der Waals surface area contributed by atoms with Gasteiger partial charge in [-0.2, -0.15) is 0 Å². The van der Waals surface area contributed by atoms with Gasteiger partial charge in [0.25, 0.3) is 0 Å². The molecular formula is C81H154O17P2. The van der Waals surface area contributed by atoms with Crippen molar-refractivity contribution in [1.82, 2.24) is 0 Å². The number of aliphatic hydroxyl groups excluding tert-OH is 1. The minimum Gasteiger partial charge on any atom is -0.462 e. The van der Waals surface area contributed by atoms with Crippen molar-refractivity contribution >= 4 is 39.5 Å². The molecule has 100 heavy (non-hydrogen) atoms. The summed E-state index contributed by atoms with van der Waals surface area (Å²) in [7, 11) is -9.93. The minimum absolute atomic E-state index is 0.0912. The second-order valence-electron chi connectivity index (χ2n) is 28.4. The summed E-state index contributed by atoms with van der Waals surface area (Å²) >= 11 is 0. The highest BCUT2D eigenvalue weighted by Crippen LogP contribution is 2.45. The standard InChI is InChI=1S/C81H154O17P2/c1-5-9-13-17-21-25-29-33-36-37-40-44-48-52-56-60-64-68-81(86)98-76(71-91-78(83)65-61-57-53-49-45-41-32-28-24-20-16-12-8-4)73-95-99(87,88)93-69-75(82)70-94-100(89,90)96-74-77(97-80(85)67-63-59-55-51-47-43-39-35-31-27-23-19-15-11-7-3)72-92-79(84)66-62-58-54-50-46-42-38-34-30-26-22-18-14-10-6-2/h34-35,38-39,75-77,82H,5-33,36-37,40-74H2,1-4H3,(H,87,88)(H,89,90)/b38-34-,39-35-/t75-,76+,77+/m0/s1. The fraction of sp³-hybridized carbons (Fsp3) is 0.901. The van der Waals surface area contributed by atoms with E-state index in [1.54, 1.807) is 0 Å². The fourth-order valence-electron chi connectivity index (χ4n) is 12.0. The number of phosphoric acid groups is 2. The van der Waals surface area contributed by atoms with Crippen molar-refractivity contribution in [2.45, 2.75) is 431 Å². The van der Waals surface area contributed by atoms with Gasteiger partial charge in [-0.15, -0.1) is 0 Å². The quantitative estimate of drug-likeness (QED) is 0.0169. The molecule has 0 fully saturated rings. The molecule has 0 rings (SSSR count). The van der Waals surface area contributed by atoms with Gasteiger partial charge in [0.1, 0.15) is 19.3 Å². The fourth-order valence-corrected chi connectivity index (χ4v) is 13.6. The first kappa shape index (κ1) is 97.5. The highest BCUT2D eigenvalue weighted by molar-refractivity contribution is 7.47. The molecule has 3 N–H and O–H groups in total. The molecule has 5 atom stereocenters. The van der Waals surface area contributed by atoms with Crippen LogP contribution in [0, 0.1) is 0 Å². The summed E-state index contributed by atoms with van der Waals surface area (Å²) in [5.41, 5.74) is 0.